The second-order valence-electron chi connectivity index (χ2n) is 4.17. The van der Waals surface area contributed by atoms with E-state index >= 15 is 0 Å². The topological polar surface area (TPSA) is 90.0 Å². The third kappa shape index (κ3) is 3.59. The maximum Gasteiger partial charge on any atom is 0.265 e. The fraction of sp³-hybridized carbons (Fsp3) is 0.250. The van der Waals surface area contributed by atoms with Gasteiger partial charge in [0.15, 0.2) is 0 Å². The average Bonchev–Trinajstić information content (AvgIpc) is 2.88. The van der Waals surface area contributed by atoms with Crippen LogP contribution in [0.5, 0.6) is 0 Å². The second-order valence-corrected chi connectivity index (χ2v) is 6.70. The van der Waals surface area contributed by atoms with E-state index in [0.717, 1.165) is 6.42 Å². The number of para-hydroxylation sites is 1. The molecule has 0 amide bonds. The fourth-order valence-corrected chi connectivity index (χ4v) is 3.15. The Hall–Kier alpha value is -1.38. The molecule has 1 heterocycles. The highest BCUT2D eigenvalue weighted by Crippen LogP contribution is 2.24. The van der Waals surface area contributed by atoms with E-state index in [1.165, 1.54) is 12.4 Å². The minimum Gasteiger partial charge on any atom is -0.330 e. The lowest BCUT2D eigenvalue weighted by Gasteiger charge is -2.07. The summed E-state index contributed by atoms with van der Waals surface area (Å²) < 4.78 is 29.2. The number of benzene rings is 1. The normalized spacial score (nSPS) is 11.5. The molecule has 108 valence electrons. The summed E-state index contributed by atoms with van der Waals surface area (Å²) in [6, 6.07) is 7.02. The Kier molecular flexibility index (Phi) is 4.79. The maximum atomic E-state index is 12.2. The molecule has 1 aromatic heterocycles. The molecular formula is C12H15BrN4O2S. The third-order valence-corrected chi connectivity index (χ3v) is 4.64. The van der Waals surface area contributed by atoms with Crippen LogP contribution in [0.3, 0.4) is 0 Å². The number of nitrogens with two attached hydrogens (primary N) is 1. The lowest BCUT2D eigenvalue weighted by atomic mass is 10.3. The highest BCUT2D eigenvalue weighted by molar-refractivity contribution is 9.10. The van der Waals surface area contributed by atoms with Crippen molar-refractivity contribution in [2.24, 2.45) is 5.73 Å². The number of anilines is 1. The lowest BCUT2D eigenvalue weighted by Crippen LogP contribution is -2.12. The van der Waals surface area contributed by atoms with Gasteiger partial charge in [0.05, 0.1) is 11.9 Å². The van der Waals surface area contributed by atoms with E-state index < -0.39 is 10.0 Å². The minimum absolute atomic E-state index is 0.130. The van der Waals surface area contributed by atoms with Gasteiger partial charge >= 0.3 is 0 Å². The molecule has 0 saturated heterocycles. The summed E-state index contributed by atoms with van der Waals surface area (Å²) in [5.74, 6) is 0. The number of aromatic nitrogens is 2. The first-order chi connectivity index (χ1) is 9.53. The van der Waals surface area contributed by atoms with Crippen LogP contribution in [-0.2, 0) is 16.6 Å². The van der Waals surface area contributed by atoms with Crippen molar-refractivity contribution in [1.82, 2.24) is 9.78 Å². The molecule has 0 bridgehead atoms. The summed E-state index contributed by atoms with van der Waals surface area (Å²) in [5, 5.41) is 4.01. The van der Waals surface area contributed by atoms with Crippen LogP contribution in [0.1, 0.15) is 6.42 Å². The SMILES string of the molecule is NCCCn1cc(S(=O)(=O)Nc2ccccc2Br)cn1. The van der Waals surface area contributed by atoms with Crippen molar-refractivity contribution >= 4 is 31.6 Å². The summed E-state index contributed by atoms with van der Waals surface area (Å²) in [5.41, 5.74) is 5.90. The number of hydrogen-bond acceptors (Lipinski definition) is 4. The van der Waals surface area contributed by atoms with Crippen LogP contribution < -0.4 is 10.5 Å². The molecule has 0 aliphatic carbocycles. The van der Waals surface area contributed by atoms with Gasteiger partial charge in [0.1, 0.15) is 4.90 Å². The number of hydrogen-bond donors (Lipinski definition) is 2. The molecule has 0 fully saturated rings. The molecule has 0 spiro atoms. The van der Waals surface area contributed by atoms with Crippen molar-refractivity contribution in [2.45, 2.75) is 17.9 Å². The zero-order chi connectivity index (χ0) is 14.6. The Balaban J connectivity index is 2.18. The highest BCUT2D eigenvalue weighted by Gasteiger charge is 2.17. The predicted octanol–water partition coefficient (Wildman–Crippen LogP) is 1.80. The fourth-order valence-electron chi connectivity index (χ4n) is 1.61. The van der Waals surface area contributed by atoms with Crippen molar-refractivity contribution in [3.05, 3.63) is 41.1 Å². The van der Waals surface area contributed by atoms with Crippen LogP contribution in [0, 0.1) is 0 Å². The van der Waals surface area contributed by atoms with Gasteiger partial charge in [-0.3, -0.25) is 9.40 Å². The van der Waals surface area contributed by atoms with E-state index in [4.69, 9.17) is 5.73 Å². The molecule has 0 aliphatic heterocycles. The molecule has 8 heteroatoms. The van der Waals surface area contributed by atoms with Gasteiger partial charge in [-0.15, -0.1) is 0 Å². The van der Waals surface area contributed by atoms with Gasteiger partial charge in [-0.05, 0) is 41.0 Å². The predicted molar refractivity (Wildman–Crippen MR) is 80.8 cm³/mol. The van der Waals surface area contributed by atoms with E-state index in [-0.39, 0.29) is 4.90 Å². The Morgan fingerprint density at radius 3 is 2.80 bits per heavy atom. The summed E-state index contributed by atoms with van der Waals surface area (Å²) in [6.45, 7) is 1.14. The molecule has 2 aromatic rings. The number of sulfonamides is 1. The number of nitrogens with one attached hydrogen (secondary N) is 1. The number of aryl methyl sites for hydroxylation is 1. The molecule has 1 aromatic carbocycles. The van der Waals surface area contributed by atoms with Crippen LogP contribution in [-0.4, -0.2) is 24.7 Å². The first kappa shape index (κ1) is 15.0. The molecule has 0 atom stereocenters. The van der Waals surface area contributed by atoms with Gasteiger partial charge in [0, 0.05) is 17.2 Å². The second kappa shape index (κ2) is 6.38. The number of nitrogens with zero attached hydrogens (tertiary/aromatic N) is 2. The van der Waals surface area contributed by atoms with Gasteiger partial charge in [-0.2, -0.15) is 5.10 Å². The van der Waals surface area contributed by atoms with Gasteiger partial charge in [-0.1, -0.05) is 12.1 Å². The first-order valence-corrected chi connectivity index (χ1v) is 8.30. The Labute approximate surface area is 126 Å². The lowest BCUT2D eigenvalue weighted by molar-refractivity contribution is 0.582. The highest BCUT2D eigenvalue weighted by atomic mass is 79.9. The van der Waals surface area contributed by atoms with Crippen molar-refractivity contribution in [3.8, 4) is 0 Å². The molecular weight excluding hydrogens is 344 g/mol. The van der Waals surface area contributed by atoms with E-state index in [0.29, 0.717) is 23.2 Å². The molecule has 0 aliphatic rings. The van der Waals surface area contributed by atoms with Gasteiger partial charge in [0.2, 0.25) is 0 Å². The van der Waals surface area contributed by atoms with Gasteiger partial charge in [-0.25, -0.2) is 8.42 Å². The molecule has 2 rings (SSSR count). The molecule has 20 heavy (non-hydrogen) atoms. The summed E-state index contributed by atoms with van der Waals surface area (Å²) >= 11 is 3.30. The van der Waals surface area contributed by atoms with Crippen LogP contribution >= 0.6 is 15.9 Å². The van der Waals surface area contributed by atoms with Crippen LogP contribution in [0.25, 0.3) is 0 Å². The molecule has 3 N–H and O–H groups in total. The van der Waals surface area contributed by atoms with Crippen molar-refractivity contribution in [3.63, 3.8) is 0 Å². The summed E-state index contributed by atoms with van der Waals surface area (Å²) in [4.78, 5) is 0.130. The van der Waals surface area contributed by atoms with Crippen molar-refractivity contribution in [1.29, 1.82) is 0 Å². The van der Waals surface area contributed by atoms with Crippen LogP contribution in [0.15, 0.2) is 46.0 Å². The van der Waals surface area contributed by atoms with Gasteiger partial charge in [0.25, 0.3) is 10.0 Å². The quantitative estimate of drug-likeness (QED) is 0.823. The first-order valence-electron chi connectivity index (χ1n) is 6.03. The zero-order valence-electron chi connectivity index (χ0n) is 10.7. The number of rotatable bonds is 6. The smallest absolute Gasteiger partial charge is 0.265 e. The van der Waals surface area contributed by atoms with Crippen LogP contribution in [0.4, 0.5) is 5.69 Å². The van der Waals surface area contributed by atoms with E-state index in [2.05, 4.69) is 25.8 Å². The zero-order valence-corrected chi connectivity index (χ0v) is 13.1. The van der Waals surface area contributed by atoms with E-state index in [1.54, 1.807) is 22.9 Å². The summed E-state index contributed by atoms with van der Waals surface area (Å²) in [7, 11) is -3.63. The Bertz CT molecular complexity index is 684. The standard InChI is InChI=1S/C12H15BrN4O2S/c13-11-4-1-2-5-12(11)16-20(18,19)10-8-15-17(9-10)7-3-6-14/h1-2,4-5,8-9,16H,3,6-7,14H2. The largest absolute Gasteiger partial charge is 0.330 e. The van der Waals surface area contributed by atoms with Crippen molar-refractivity contribution < 1.29 is 8.42 Å². The molecule has 6 nitrogen and oxygen atoms in total. The minimum atomic E-state index is -3.63. The molecule has 0 unspecified atom stereocenters. The molecule has 0 saturated carbocycles. The molecule has 0 radical (unpaired) electrons. The monoisotopic (exact) mass is 358 g/mol. The average molecular weight is 359 g/mol. The Morgan fingerprint density at radius 2 is 2.10 bits per heavy atom. The maximum absolute atomic E-state index is 12.2. The van der Waals surface area contributed by atoms with E-state index in [1.807, 2.05) is 6.07 Å². The van der Waals surface area contributed by atoms with Gasteiger partial charge < -0.3 is 5.73 Å². The number of halogens is 1. The van der Waals surface area contributed by atoms with E-state index in [9.17, 15) is 8.42 Å². The van der Waals surface area contributed by atoms with Crippen LogP contribution in [0.2, 0.25) is 0 Å². The third-order valence-electron chi connectivity index (χ3n) is 2.63. The Morgan fingerprint density at radius 1 is 1.35 bits per heavy atom. The summed E-state index contributed by atoms with van der Waals surface area (Å²) in [6.07, 6.45) is 3.57. The van der Waals surface area contributed by atoms with Crippen molar-refractivity contribution in [2.75, 3.05) is 11.3 Å².